The van der Waals surface area contributed by atoms with Crippen LogP contribution in [0.4, 0.5) is 0 Å². The molecule has 104 valence electrons. The Bertz CT molecular complexity index is 1320. The van der Waals surface area contributed by atoms with Gasteiger partial charge in [-0.05, 0) is 12.1 Å². The molecule has 0 saturated heterocycles. The van der Waals surface area contributed by atoms with Crippen molar-refractivity contribution in [3.05, 3.63) is 63.3 Å². The van der Waals surface area contributed by atoms with E-state index >= 15 is 0 Å². The SMILES string of the molecule is O=c1nc2c(nc3cccc4c5ccccc5n2c34)c(=O)[nH]1. The average molecular weight is 288 g/mol. The lowest BCUT2D eigenvalue weighted by atomic mass is 10.1. The molecule has 0 radical (unpaired) electrons. The van der Waals surface area contributed by atoms with Gasteiger partial charge >= 0.3 is 5.69 Å². The van der Waals surface area contributed by atoms with Crippen molar-refractivity contribution in [1.82, 2.24) is 19.4 Å². The van der Waals surface area contributed by atoms with Crippen LogP contribution >= 0.6 is 0 Å². The molecule has 6 heteroatoms. The van der Waals surface area contributed by atoms with E-state index in [2.05, 4.69) is 15.0 Å². The Labute approximate surface area is 122 Å². The molecule has 0 bridgehead atoms. The van der Waals surface area contributed by atoms with Crippen LogP contribution in [0.25, 0.3) is 38.5 Å². The van der Waals surface area contributed by atoms with Gasteiger partial charge in [-0.25, -0.2) is 9.78 Å². The molecule has 3 heterocycles. The monoisotopic (exact) mass is 288 g/mol. The lowest BCUT2D eigenvalue weighted by Gasteiger charge is -2.04. The van der Waals surface area contributed by atoms with Crippen LogP contribution in [0, 0.1) is 0 Å². The molecule has 2 aromatic carbocycles. The largest absolute Gasteiger partial charge is 0.349 e. The van der Waals surface area contributed by atoms with Crippen molar-refractivity contribution in [1.29, 1.82) is 0 Å². The van der Waals surface area contributed by atoms with Crippen LogP contribution in [-0.4, -0.2) is 19.4 Å². The number of H-pyrrole nitrogens is 1. The molecule has 6 nitrogen and oxygen atoms in total. The van der Waals surface area contributed by atoms with E-state index in [9.17, 15) is 9.59 Å². The maximum absolute atomic E-state index is 12.1. The molecule has 0 spiro atoms. The summed E-state index contributed by atoms with van der Waals surface area (Å²) in [6.07, 6.45) is 0. The van der Waals surface area contributed by atoms with Crippen LogP contribution in [-0.2, 0) is 0 Å². The number of hydrogen-bond donors (Lipinski definition) is 1. The Morgan fingerprint density at radius 1 is 0.909 bits per heavy atom. The summed E-state index contributed by atoms with van der Waals surface area (Å²) in [4.78, 5) is 34.2. The molecular weight excluding hydrogens is 280 g/mol. The van der Waals surface area contributed by atoms with E-state index in [0.29, 0.717) is 11.2 Å². The molecule has 1 N–H and O–H groups in total. The topological polar surface area (TPSA) is 80.1 Å². The maximum Gasteiger partial charge on any atom is 0.349 e. The van der Waals surface area contributed by atoms with E-state index in [4.69, 9.17) is 0 Å². The van der Waals surface area contributed by atoms with Gasteiger partial charge in [-0.3, -0.25) is 14.2 Å². The Morgan fingerprint density at radius 3 is 2.64 bits per heavy atom. The summed E-state index contributed by atoms with van der Waals surface area (Å²) in [5.41, 5.74) is 1.75. The second kappa shape index (κ2) is 3.67. The highest BCUT2D eigenvalue weighted by Gasteiger charge is 2.16. The van der Waals surface area contributed by atoms with Crippen LogP contribution in [0.2, 0.25) is 0 Å². The Hall–Kier alpha value is -3.28. The smallest absolute Gasteiger partial charge is 0.289 e. The highest BCUT2D eigenvalue weighted by atomic mass is 16.2. The zero-order valence-corrected chi connectivity index (χ0v) is 11.2. The summed E-state index contributed by atoms with van der Waals surface area (Å²) in [5.74, 6) is 0. The van der Waals surface area contributed by atoms with E-state index in [1.807, 2.05) is 46.9 Å². The molecule has 0 amide bonds. The van der Waals surface area contributed by atoms with Gasteiger partial charge < -0.3 is 0 Å². The molecule has 0 saturated carbocycles. The highest BCUT2D eigenvalue weighted by molar-refractivity contribution is 6.14. The molecule has 0 atom stereocenters. The number of nitrogens with one attached hydrogen (secondary N) is 1. The predicted octanol–water partition coefficient (Wildman–Crippen LogP) is 1.68. The van der Waals surface area contributed by atoms with Crippen molar-refractivity contribution in [2.75, 3.05) is 0 Å². The fourth-order valence-corrected chi connectivity index (χ4v) is 3.12. The van der Waals surface area contributed by atoms with E-state index in [1.54, 1.807) is 0 Å². The average Bonchev–Trinajstić information content (AvgIpc) is 2.86. The van der Waals surface area contributed by atoms with Crippen molar-refractivity contribution in [2.24, 2.45) is 0 Å². The minimum Gasteiger partial charge on any atom is -0.289 e. The first-order valence-electron chi connectivity index (χ1n) is 6.79. The van der Waals surface area contributed by atoms with E-state index in [-0.39, 0.29) is 5.52 Å². The van der Waals surface area contributed by atoms with Crippen molar-refractivity contribution in [3.63, 3.8) is 0 Å². The van der Waals surface area contributed by atoms with Crippen molar-refractivity contribution < 1.29 is 0 Å². The molecule has 22 heavy (non-hydrogen) atoms. The second-order valence-corrected chi connectivity index (χ2v) is 5.18. The summed E-state index contributed by atoms with van der Waals surface area (Å²) in [6, 6.07) is 13.6. The van der Waals surface area contributed by atoms with Gasteiger partial charge in [0.15, 0.2) is 11.2 Å². The van der Waals surface area contributed by atoms with Crippen LogP contribution in [0.3, 0.4) is 0 Å². The minimum absolute atomic E-state index is 0.168. The minimum atomic E-state index is -0.663. The molecule has 5 rings (SSSR count). The zero-order chi connectivity index (χ0) is 14.8. The Kier molecular flexibility index (Phi) is 1.90. The lowest BCUT2D eigenvalue weighted by molar-refractivity contribution is 1.04. The van der Waals surface area contributed by atoms with Gasteiger partial charge in [0.1, 0.15) is 0 Å². The van der Waals surface area contributed by atoms with E-state index in [0.717, 1.165) is 21.8 Å². The summed E-state index contributed by atoms with van der Waals surface area (Å²) < 4.78 is 1.85. The van der Waals surface area contributed by atoms with Gasteiger partial charge in [0.05, 0.1) is 16.6 Å². The van der Waals surface area contributed by atoms with Crippen LogP contribution in [0.15, 0.2) is 52.1 Å². The summed E-state index contributed by atoms with van der Waals surface area (Å²) in [5, 5.41) is 2.06. The highest BCUT2D eigenvalue weighted by Crippen LogP contribution is 2.32. The number of fused-ring (bicyclic) bond motifs is 5. The number of nitrogens with zero attached hydrogens (tertiary/aromatic N) is 3. The third-order valence-electron chi connectivity index (χ3n) is 3.97. The molecule has 0 fully saturated rings. The fourth-order valence-electron chi connectivity index (χ4n) is 3.12. The van der Waals surface area contributed by atoms with Crippen LogP contribution < -0.4 is 11.2 Å². The van der Waals surface area contributed by atoms with Gasteiger partial charge in [-0.15, -0.1) is 0 Å². The van der Waals surface area contributed by atoms with Gasteiger partial charge in [0.2, 0.25) is 0 Å². The molecule has 0 aliphatic carbocycles. The standard InChI is InChI=1S/C16H8N4O2/c21-15-12-14(18-16(22)19-15)20-11-7-2-1-4-8(11)9-5-3-6-10(17-12)13(9)20/h1-7H,(H,19,21,22). The van der Waals surface area contributed by atoms with Gasteiger partial charge in [0.25, 0.3) is 5.56 Å². The quantitative estimate of drug-likeness (QED) is 0.440. The summed E-state index contributed by atoms with van der Waals surface area (Å²) in [6.45, 7) is 0. The van der Waals surface area contributed by atoms with Gasteiger partial charge in [-0.1, -0.05) is 30.3 Å². The number of hydrogen-bond acceptors (Lipinski definition) is 4. The fraction of sp³-hybridized carbons (Fsp3) is 0. The van der Waals surface area contributed by atoms with E-state index < -0.39 is 11.2 Å². The summed E-state index contributed by atoms with van der Waals surface area (Å²) in [7, 11) is 0. The third kappa shape index (κ3) is 1.24. The van der Waals surface area contributed by atoms with Crippen LogP contribution in [0.1, 0.15) is 0 Å². The van der Waals surface area contributed by atoms with Crippen molar-refractivity contribution in [3.8, 4) is 0 Å². The first kappa shape index (κ1) is 11.4. The Morgan fingerprint density at radius 2 is 1.73 bits per heavy atom. The molecule has 0 aliphatic heterocycles. The number of benzene rings is 2. The molecular formula is C16H8N4O2. The Balaban J connectivity index is 2.31. The normalized spacial score (nSPS) is 12.0. The second-order valence-electron chi connectivity index (χ2n) is 5.18. The number of para-hydroxylation sites is 2. The number of aromatic nitrogens is 4. The maximum atomic E-state index is 12.1. The predicted molar refractivity (Wildman–Crippen MR) is 83.6 cm³/mol. The lowest BCUT2D eigenvalue weighted by Crippen LogP contribution is -2.24. The zero-order valence-electron chi connectivity index (χ0n) is 11.2. The first-order chi connectivity index (χ1) is 10.7. The number of rotatable bonds is 0. The number of aromatic amines is 1. The van der Waals surface area contributed by atoms with Crippen molar-refractivity contribution in [2.45, 2.75) is 0 Å². The van der Waals surface area contributed by atoms with Crippen molar-refractivity contribution >= 4 is 38.5 Å². The molecule has 0 unspecified atom stereocenters. The molecule has 3 aromatic heterocycles. The first-order valence-corrected chi connectivity index (χ1v) is 6.79. The summed E-state index contributed by atoms with van der Waals surface area (Å²) >= 11 is 0. The van der Waals surface area contributed by atoms with Gasteiger partial charge in [-0.2, -0.15) is 4.98 Å². The molecule has 5 aromatic rings. The third-order valence-corrected chi connectivity index (χ3v) is 3.97. The van der Waals surface area contributed by atoms with Gasteiger partial charge in [0, 0.05) is 10.8 Å². The van der Waals surface area contributed by atoms with E-state index in [1.165, 1.54) is 0 Å². The van der Waals surface area contributed by atoms with Crippen LogP contribution in [0.5, 0.6) is 0 Å². The molecule has 0 aliphatic rings.